The maximum Gasteiger partial charge on any atom is -0.00365 e. The highest BCUT2D eigenvalue weighted by atomic mass is 35.5. The van der Waals surface area contributed by atoms with Gasteiger partial charge in [-0.05, 0) is 29.3 Å². The first-order valence-electron chi connectivity index (χ1n) is 4.58. The molecular formula is C12H18Cl2N2. The van der Waals surface area contributed by atoms with Crippen LogP contribution in [0.3, 0.4) is 0 Å². The molecule has 0 aliphatic heterocycles. The Labute approximate surface area is 109 Å². The summed E-state index contributed by atoms with van der Waals surface area (Å²) < 4.78 is 0. The lowest BCUT2D eigenvalue weighted by Gasteiger charge is -2.03. The summed E-state index contributed by atoms with van der Waals surface area (Å²) in [6, 6.07) is 14.8. The SMILES string of the molecule is Cl.Cl.N.NCCc1cccc2ccccc12. The Morgan fingerprint density at radius 2 is 1.50 bits per heavy atom. The van der Waals surface area contributed by atoms with E-state index in [9.17, 15) is 0 Å². The third-order valence-corrected chi connectivity index (χ3v) is 2.29. The van der Waals surface area contributed by atoms with Gasteiger partial charge in [-0.25, -0.2) is 0 Å². The summed E-state index contributed by atoms with van der Waals surface area (Å²) in [5, 5.41) is 2.63. The fraction of sp³-hybridized carbons (Fsp3) is 0.167. The van der Waals surface area contributed by atoms with Crippen LogP contribution < -0.4 is 11.9 Å². The van der Waals surface area contributed by atoms with E-state index >= 15 is 0 Å². The summed E-state index contributed by atoms with van der Waals surface area (Å²) >= 11 is 0. The Morgan fingerprint density at radius 3 is 2.19 bits per heavy atom. The largest absolute Gasteiger partial charge is 0.344 e. The summed E-state index contributed by atoms with van der Waals surface area (Å²) in [5.74, 6) is 0. The van der Waals surface area contributed by atoms with Gasteiger partial charge in [0.25, 0.3) is 0 Å². The topological polar surface area (TPSA) is 61.0 Å². The van der Waals surface area contributed by atoms with Crippen molar-refractivity contribution in [2.24, 2.45) is 5.73 Å². The van der Waals surface area contributed by atoms with Crippen molar-refractivity contribution in [1.82, 2.24) is 6.15 Å². The van der Waals surface area contributed by atoms with Crippen molar-refractivity contribution < 1.29 is 0 Å². The Hall–Kier alpha value is -0.800. The number of nitrogens with two attached hydrogens (primary N) is 1. The minimum absolute atomic E-state index is 0. The first-order valence-corrected chi connectivity index (χ1v) is 4.58. The molecule has 0 amide bonds. The number of hydrogen-bond donors (Lipinski definition) is 2. The summed E-state index contributed by atoms with van der Waals surface area (Å²) in [4.78, 5) is 0. The van der Waals surface area contributed by atoms with E-state index in [1.165, 1.54) is 16.3 Å². The van der Waals surface area contributed by atoms with Gasteiger partial charge in [0.15, 0.2) is 0 Å². The van der Waals surface area contributed by atoms with E-state index in [0.29, 0.717) is 6.54 Å². The van der Waals surface area contributed by atoms with Crippen molar-refractivity contribution in [2.45, 2.75) is 6.42 Å². The number of fused-ring (bicyclic) bond motifs is 1. The average Bonchev–Trinajstić information content (AvgIpc) is 2.19. The predicted octanol–water partition coefficient (Wildman–Crippen LogP) is 3.35. The van der Waals surface area contributed by atoms with Crippen LogP contribution in [-0.4, -0.2) is 6.54 Å². The van der Waals surface area contributed by atoms with Crippen molar-refractivity contribution in [3.63, 3.8) is 0 Å². The fourth-order valence-electron chi connectivity index (χ4n) is 1.67. The molecule has 5 N–H and O–H groups in total. The first kappa shape index (κ1) is 17.6. The molecule has 0 saturated carbocycles. The molecule has 2 aromatic rings. The van der Waals surface area contributed by atoms with Gasteiger partial charge < -0.3 is 11.9 Å². The van der Waals surface area contributed by atoms with Crippen LogP contribution in [0.2, 0.25) is 0 Å². The third kappa shape index (κ3) is 3.65. The lowest BCUT2D eigenvalue weighted by Crippen LogP contribution is -2.02. The molecule has 90 valence electrons. The molecule has 16 heavy (non-hydrogen) atoms. The van der Waals surface area contributed by atoms with Crippen molar-refractivity contribution in [3.8, 4) is 0 Å². The van der Waals surface area contributed by atoms with Gasteiger partial charge in [0.2, 0.25) is 0 Å². The Bertz CT molecular complexity index is 413. The van der Waals surface area contributed by atoms with Crippen molar-refractivity contribution in [3.05, 3.63) is 48.0 Å². The molecule has 2 nitrogen and oxygen atoms in total. The first-order chi connectivity index (χ1) is 6.42. The molecule has 0 bridgehead atoms. The number of halogens is 2. The molecule has 0 spiro atoms. The van der Waals surface area contributed by atoms with Crippen LogP contribution in [0, 0.1) is 0 Å². The molecule has 0 unspecified atom stereocenters. The number of rotatable bonds is 2. The zero-order valence-electron chi connectivity index (χ0n) is 9.06. The summed E-state index contributed by atoms with van der Waals surface area (Å²) in [5.41, 5.74) is 6.90. The van der Waals surface area contributed by atoms with Crippen molar-refractivity contribution in [2.75, 3.05) is 6.54 Å². The molecule has 2 rings (SSSR count). The van der Waals surface area contributed by atoms with E-state index in [-0.39, 0.29) is 31.0 Å². The summed E-state index contributed by atoms with van der Waals surface area (Å²) in [6.07, 6.45) is 0.960. The molecule has 0 aliphatic carbocycles. The van der Waals surface area contributed by atoms with E-state index in [1.807, 2.05) is 0 Å². The Kier molecular flexibility index (Phi) is 9.19. The van der Waals surface area contributed by atoms with Crippen LogP contribution in [0.5, 0.6) is 0 Å². The van der Waals surface area contributed by atoms with Crippen LogP contribution in [-0.2, 0) is 6.42 Å². The molecule has 0 saturated heterocycles. The lowest BCUT2D eigenvalue weighted by atomic mass is 10.0. The highest BCUT2D eigenvalue weighted by Crippen LogP contribution is 2.18. The van der Waals surface area contributed by atoms with Gasteiger partial charge in [-0.1, -0.05) is 42.5 Å². The molecule has 0 aromatic heterocycles. The fourth-order valence-corrected chi connectivity index (χ4v) is 1.67. The van der Waals surface area contributed by atoms with Gasteiger partial charge >= 0.3 is 0 Å². The Balaban J connectivity index is 0. The number of benzene rings is 2. The molecule has 4 heteroatoms. The maximum atomic E-state index is 5.55. The summed E-state index contributed by atoms with van der Waals surface area (Å²) in [6.45, 7) is 0.716. The van der Waals surface area contributed by atoms with Gasteiger partial charge in [-0.2, -0.15) is 0 Å². The standard InChI is InChI=1S/C12H13N.2ClH.H3N/c13-9-8-11-6-3-5-10-4-1-2-7-12(10)11;;;/h1-7H,8-9,13H2;2*1H;1H3. The van der Waals surface area contributed by atoms with Gasteiger partial charge in [0.05, 0.1) is 0 Å². The minimum Gasteiger partial charge on any atom is -0.344 e. The quantitative estimate of drug-likeness (QED) is 0.870. The van der Waals surface area contributed by atoms with Crippen LogP contribution in [0.15, 0.2) is 42.5 Å². The third-order valence-electron chi connectivity index (χ3n) is 2.29. The van der Waals surface area contributed by atoms with Crippen LogP contribution >= 0.6 is 24.8 Å². The van der Waals surface area contributed by atoms with Crippen molar-refractivity contribution >= 4 is 35.6 Å². The highest BCUT2D eigenvalue weighted by molar-refractivity contribution is 5.86. The lowest BCUT2D eigenvalue weighted by molar-refractivity contribution is 0.977. The maximum absolute atomic E-state index is 5.55. The second-order valence-electron chi connectivity index (χ2n) is 3.18. The molecule has 0 fully saturated rings. The molecule has 0 heterocycles. The molecule has 0 atom stereocenters. The van der Waals surface area contributed by atoms with Gasteiger partial charge in [0, 0.05) is 0 Å². The highest BCUT2D eigenvalue weighted by Gasteiger charge is 1.97. The van der Waals surface area contributed by atoms with Crippen molar-refractivity contribution in [1.29, 1.82) is 0 Å². The zero-order chi connectivity index (χ0) is 9.10. The molecule has 2 aromatic carbocycles. The average molecular weight is 261 g/mol. The zero-order valence-corrected chi connectivity index (χ0v) is 10.7. The number of hydrogen-bond acceptors (Lipinski definition) is 2. The molecule has 0 radical (unpaired) electrons. The second-order valence-corrected chi connectivity index (χ2v) is 3.18. The van der Waals surface area contributed by atoms with Crippen LogP contribution in [0.25, 0.3) is 10.8 Å². The summed E-state index contributed by atoms with van der Waals surface area (Å²) in [7, 11) is 0. The van der Waals surface area contributed by atoms with Gasteiger partial charge in [-0.15, -0.1) is 24.8 Å². The smallest absolute Gasteiger partial charge is 0.00365 e. The minimum atomic E-state index is 0. The second kappa shape index (κ2) is 8.36. The van der Waals surface area contributed by atoms with E-state index < -0.39 is 0 Å². The predicted molar refractivity (Wildman–Crippen MR) is 76.2 cm³/mol. The normalized spacial score (nSPS) is 8.56. The van der Waals surface area contributed by atoms with E-state index in [0.717, 1.165) is 6.42 Å². The van der Waals surface area contributed by atoms with E-state index in [2.05, 4.69) is 42.5 Å². The molecular weight excluding hydrogens is 243 g/mol. The monoisotopic (exact) mass is 260 g/mol. The van der Waals surface area contributed by atoms with E-state index in [1.54, 1.807) is 0 Å². The van der Waals surface area contributed by atoms with Gasteiger partial charge in [0.1, 0.15) is 0 Å². The Morgan fingerprint density at radius 1 is 0.875 bits per heavy atom. The molecule has 0 aliphatic rings. The van der Waals surface area contributed by atoms with Crippen LogP contribution in [0.4, 0.5) is 0 Å². The van der Waals surface area contributed by atoms with Crippen LogP contribution in [0.1, 0.15) is 5.56 Å². The van der Waals surface area contributed by atoms with Gasteiger partial charge in [-0.3, -0.25) is 0 Å². The van der Waals surface area contributed by atoms with E-state index in [4.69, 9.17) is 5.73 Å².